The largest absolute Gasteiger partial charge is 0.381 e. The number of hydrogen-bond acceptors (Lipinski definition) is 3. The maximum absolute atomic E-state index is 5.46. The Kier molecular flexibility index (Phi) is 5.19. The van der Waals surface area contributed by atoms with Crippen LogP contribution in [0.4, 0.5) is 0 Å². The van der Waals surface area contributed by atoms with E-state index in [0.29, 0.717) is 6.04 Å². The molecule has 1 N–H and O–H groups in total. The van der Waals surface area contributed by atoms with E-state index in [-0.39, 0.29) is 0 Å². The molecular formula is C14H27NOS. The van der Waals surface area contributed by atoms with Crippen LogP contribution in [-0.2, 0) is 4.74 Å². The summed E-state index contributed by atoms with van der Waals surface area (Å²) in [7, 11) is 2.13. The molecule has 0 aromatic carbocycles. The molecule has 0 bridgehead atoms. The Bertz CT molecular complexity index is 230. The molecule has 3 heteroatoms. The molecule has 1 saturated heterocycles. The van der Waals surface area contributed by atoms with Gasteiger partial charge >= 0.3 is 0 Å². The third-order valence-electron chi connectivity index (χ3n) is 4.28. The fourth-order valence-corrected chi connectivity index (χ4v) is 5.10. The van der Waals surface area contributed by atoms with Gasteiger partial charge < -0.3 is 10.1 Å². The molecule has 4 unspecified atom stereocenters. The molecule has 100 valence electrons. The van der Waals surface area contributed by atoms with E-state index in [9.17, 15) is 0 Å². The smallest absolute Gasteiger partial charge is 0.0476 e. The molecule has 2 aliphatic rings. The Morgan fingerprint density at radius 3 is 2.47 bits per heavy atom. The lowest BCUT2D eigenvalue weighted by atomic mass is 9.80. The van der Waals surface area contributed by atoms with Crippen molar-refractivity contribution in [3.05, 3.63) is 0 Å². The molecule has 2 fully saturated rings. The van der Waals surface area contributed by atoms with Gasteiger partial charge in [-0.2, -0.15) is 11.8 Å². The predicted molar refractivity (Wildman–Crippen MR) is 75.6 cm³/mol. The fraction of sp³-hybridized carbons (Fsp3) is 1.00. The summed E-state index contributed by atoms with van der Waals surface area (Å²) in [4.78, 5) is 0. The van der Waals surface area contributed by atoms with Gasteiger partial charge in [-0.3, -0.25) is 0 Å². The molecule has 4 atom stereocenters. The first-order chi connectivity index (χ1) is 8.20. The van der Waals surface area contributed by atoms with Crippen LogP contribution in [0.25, 0.3) is 0 Å². The van der Waals surface area contributed by atoms with Crippen LogP contribution in [0.15, 0.2) is 0 Å². The van der Waals surface area contributed by atoms with Crippen LogP contribution in [0, 0.1) is 11.8 Å². The summed E-state index contributed by atoms with van der Waals surface area (Å²) in [6.45, 7) is 6.78. The van der Waals surface area contributed by atoms with E-state index in [4.69, 9.17) is 4.74 Å². The lowest BCUT2D eigenvalue weighted by Crippen LogP contribution is -2.46. The minimum Gasteiger partial charge on any atom is -0.381 e. The van der Waals surface area contributed by atoms with Crippen molar-refractivity contribution in [2.24, 2.45) is 11.8 Å². The lowest BCUT2D eigenvalue weighted by molar-refractivity contribution is 0.0996. The Morgan fingerprint density at radius 2 is 1.82 bits per heavy atom. The van der Waals surface area contributed by atoms with Crippen LogP contribution in [0.3, 0.4) is 0 Å². The number of thioether (sulfide) groups is 1. The number of rotatable bonds is 3. The highest BCUT2D eigenvalue weighted by Gasteiger charge is 2.35. The van der Waals surface area contributed by atoms with Crippen molar-refractivity contribution in [1.29, 1.82) is 0 Å². The fourth-order valence-electron chi connectivity index (χ4n) is 3.37. The van der Waals surface area contributed by atoms with Gasteiger partial charge in [0.2, 0.25) is 0 Å². The summed E-state index contributed by atoms with van der Waals surface area (Å²) in [5.41, 5.74) is 0. The van der Waals surface area contributed by atoms with Crippen molar-refractivity contribution >= 4 is 11.8 Å². The first-order valence-corrected chi connectivity index (χ1v) is 8.05. The van der Waals surface area contributed by atoms with Crippen molar-refractivity contribution < 1.29 is 4.74 Å². The third-order valence-corrected chi connectivity index (χ3v) is 6.24. The average Bonchev–Trinajstić information content (AvgIpc) is 2.33. The van der Waals surface area contributed by atoms with Crippen LogP contribution in [0.2, 0.25) is 0 Å². The van der Waals surface area contributed by atoms with Gasteiger partial charge in [0.05, 0.1) is 0 Å². The van der Waals surface area contributed by atoms with Gasteiger partial charge in [0.15, 0.2) is 0 Å². The summed E-state index contributed by atoms with van der Waals surface area (Å²) in [5, 5.41) is 5.19. The Labute approximate surface area is 110 Å². The van der Waals surface area contributed by atoms with Gasteiger partial charge in [-0.15, -0.1) is 0 Å². The van der Waals surface area contributed by atoms with Crippen molar-refractivity contribution in [2.75, 3.05) is 20.3 Å². The lowest BCUT2D eigenvalue weighted by Gasteiger charge is -2.41. The molecule has 0 spiro atoms. The minimum absolute atomic E-state index is 0.710. The molecule has 2 nitrogen and oxygen atoms in total. The first kappa shape index (κ1) is 13.7. The van der Waals surface area contributed by atoms with Crippen LogP contribution >= 0.6 is 11.8 Å². The van der Waals surface area contributed by atoms with Crippen molar-refractivity contribution in [3.63, 3.8) is 0 Å². The highest BCUT2D eigenvalue weighted by Crippen LogP contribution is 2.40. The molecule has 2 rings (SSSR count). The van der Waals surface area contributed by atoms with Gasteiger partial charge in [0.25, 0.3) is 0 Å². The van der Waals surface area contributed by atoms with E-state index in [1.165, 1.54) is 25.7 Å². The van der Waals surface area contributed by atoms with E-state index in [1.807, 2.05) is 0 Å². The summed E-state index contributed by atoms with van der Waals surface area (Å²) in [6.07, 6.45) is 5.25. The van der Waals surface area contributed by atoms with Gasteiger partial charge in [-0.25, -0.2) is 0 Å². The van der Waals surface area contributed by atoms with Gasteiger partial charge in [0.1, 0.15) is 0 Å². The molecule has 0 amide bonds. The van der Waals surface area contributed by atoms with Gasteiger partial charge in [0, 0.05) is 29.8 Å². The highest BCUT2D eigenvalue weighted by molar-refractivity contribution is 8.00. The zero-order chi connectivity index (χ0) is 12.3. The number of nitrogens with one attached hydrogen (secondary N) is 1. The van der Waals surface area contributed by atoms with Crippen molar-refractivity contribution in [2.45, 2.75) is 56.1 Å². The first-order valence-electron chi connectivity index (χ1n) is 7.11. The second kappa shape index (κ2) is 6.44. The van der Waals surface area contributed by atoms with E-state index in [2.05, 4.69) is 38.0 Å². The molecule has 1 aliphatic carbocycles. The summed E-state index contributed by atoms with van der Waals surface area (Å²) < 4.78 is 5.46. The summed E-state index contributed by atoms with van der Waals surface area (Å²) in [6, 6.07) is 0.710. The van der Waals surface area contributed by atoms with Crippen LogP contribution < -0.4 is 5.32 Å². The zero-order valence-corrected chi connectivity index (χ0v) is 12.3. The normalized spacial score (nSPS) is 40.4. The van der Waals surface area contributed by atoms with Crippen molar-refractivity contribution in [3.8, 4) is 0 Å². The maximum atomic E-state index is 5.46. The quantitative estimate of drug-likeness (QED) is 0.840. The minimum atomic E-state index is 0.710. The second-order valence-corrected chi connectivity index (χ2v) is 7.34. The molecular weight excluding hydrogens is 230 g/mol. The Hall–Kier alpha value is 0.270. The van der Waals surface area contributed by atoms with Crippen LogP contribution in [0.5, 0.6) is 0 Å². The van der Waals surface area contributed by atoms with Gasteiger partial charge in [-0.05, 0) is 44.6 Å². The molecule has 0 aromatic heterocycles. The Balaban J connectivity index is 1.91. The molecule has 0 aromatic rings. The van der Waals surface area contributed by atoms with Crippen LogP contribution in [0.1, 0.15) is 39.5 Å². The standard InChI is InChI=1S/C14H27NOS/c1-10-8-11(2)14(13(9-10)15-3)17-12-4-6-16-7-5-12/h10-15H,4-9H2,1-3H3. The SMILES string of the molecule is CNC1CC(C)CC(C)C1SC1CCOCC1. The number of ether oxygens (including phenoxy) is 1. The average molecular weight is 257 g/mol. The van der Waals surface area contributed by atoms with Crippen molar-refractivity contribution in [1.82, 2.24) is 5.32 Å². The monoisotopic (exact) mass is 257 g/mol. The molecule has 0 radical (unpaired) electrons. The molecule has 17 heavy (non-hydrogen) atoms. The van der Waals surface area contributed by atoms with Crippen LogP contribution in [-0.4, -0.2) is 36.8 Å². The van der Waals surface area contributed by atoms with E-state index in [0.717, 1.165) is 35.5 Å². The highest BCUT2D eigenvalue weighted by atomic mass is 32.2. The predicted octanol–water partition coefficient (Wildman–Crippen LogP) is 2.92. The van der Waals surface area contributed by atoms with Gasteiger partial charge in [-0.1, -0.05) is 13.8 Å². The number of hydrogen-bond donors (Lipinski definition) is 1. The second-order valence-electron chi connectivity index (χ2n) is 5.86. The molecule has 1 heterocycles. The van der Waals surface area contributed by atoms with E-state index in [1.54, 1.807) is 0 Å². The molecule has 1 aliphatic heterocycles. The van der Waals surface area contributed by atoms with E-state index < -0.39 is 0 Å². The third kappa shape index (κ3) is 3.62. The summed E-state index contributed by atoms with van der Waals surface area (Å²) in [5.74, 6) is 1.73. The van der Waals surface area contributed by atoms with E-state index >= 15 is 0 Å². The topological polar surface area (TPSA) is 21.3 Å². The zero-order valence-electron chi connectivity index (χ0n) is 11.4. The summed E-state index contributed by atoms with van der Waals surface area (Å²) >= 11 is 2.24. The maximum Gasteiger partial charge on any atom is 0.0476 e. The molecule has 1 saturated carbocycles. The Morgan fingerprint density at radius 1 is 1.12 bits per heavy atom.